The highest BCUT2D eigenvalue weighted by molar-refractivity contribution is 6.32. The minimum Gasteiger partial charge on any atom is -0.484 e. The van der Waals surface area contributed by atoms with E-state index in [1.54, 1.807) is 18.3 Å². The first-order valence-corrected chi connectivity index (χ1v) is 12.6. The van der Waals surface area contributed by atoms with Crippen LogP contribution in [0.25, 0.3) is 11.1 Å². The Labute approximate surface area is 221 Å². The van der Waals surface area contributed by atoms with Gasteiger partial charge in [0.25, 0.3) is 5.91 Å². The van der Waals surface area contributed by atoms with Crippen molar-refractivity contribution in [1.29, 1.82) is 0 Å². The van der Waals surface area contributed by atoms with Gasteiger partial charge in [-0.15, -0.1) is 0 Å². The van der Waals surface area contributed by atoms with Crippen LogP contribution in [0.3, 0.4) is 0 Å². The van der Waals surface area contributed by atoms with Crippen molar-refractivity contribution < 1.29 is 14.3 Å². The van der Waals surface area contributed by atoms with Gasteiger partial charge in [-0.2, -0.15) is 0 Å². The zero-order chi connectivity index (χ0) is 26.2. The zero-order valence-corrected chi connectivity index (χ0v) is 21.6. The minimum atomic E-state index is -0.285. The molecule has 1 fully saturated rings. The van der Waals surface area contributed by atoms with Crippen molar-refractivity contribution in [2.24, 2.45) is 5.41 Å². The molecule has 0 saturated carbocycles. The Morgan fingerprint density at radius 1 is 1.16 bits per heavy atom. The average Bonchev–Trinajstić information content (AvgIpc) is 3.29. The van der Waals surface area contributed by atoms with E-state index in [9.17, 15) is 9.59 Å². The summed E-state index contributed by atoms with van der Waals surface area (Å²) in [5.74, 6) is 0.920. The van der Waals surface area contributed by atoms with Crippen molar-refractivity contribution in [2.75, 3.05) is 18.8 Å². The molecule has 0 bridgehead atoms. The molecular formula is C29H29ClN4O3. The fourth-order valence-electron chi connectivity index (χ4n) is 4.72. The molecule has 0 spiro atoms. The van der Waals surface area contributed by atoms with Crippen molar-refractivity contribution >= 4 is 29.2 Å². The third-order valence-electron chi connectivity index (χ3n) is 6.58. The second-order valence-corrected chi connectivity index (χ2v) is 10.8. The molecule has 5 rings (SSSR count). The Hall–Kier alpha value is -3.84. The van der Waals surface area contributed by atoms with Gasteiger partial charge in [-0.25, -0.2) is 4.98 Å². The molecule has 3 heterocycles. The summed E-state index contributed by atoms with van der Waals surface area (Å²) in [4.78, 5) is 30.8. The topological polar surface area (TPSA) is 97.6 Å². The number of aromatic nitrogens is 1. The van der Waals surface area contributed by atoms with Crippen LogP contribution in [0.1, 0.15) is 35.3 Å². The molecule has 0 radical (unpaired) electrons. The number of halogens is 1. The number of benzene rings is 2. The van der Waals surface area contributed by atoms with E-state index in [2.05, 4.69) is 30.2 Å². The maximum absolute atomic E-state index is 12.7. The van der Waals surface area contributed by atoms with Crippen LogP contribution >= 0.6 is 11.6 Å². The number of rotatable bonds is 6. The predicted molar refractivity (Wildman–Crippen MR) is 144 cm³/mol. The van der Waals surface area contributed by atoms with Gasteiger partial charge in [0.05, 0.1) is 5.02 Å². The van der Waals surface area contributed by atoms with Gasteiger partial charge in [0, 0.05) is 49.5 Å². The number of ether oxygens (including phenoxy) is 1. The molecule has 2 aliphatic heterocycles. The van der Waals surface area contributed by atoms with Gasteiger partial charge in [0.2, 0.25) is 5.91 Å². The fourth-order valence-corrected chi connectivity index (χ4v) is 5.00. The van der Waals surface area contributed by atoms with E-state index in [-0.39, 0.29) is 23.3 Å². The Morgan fingerprint density at radius 3 is 2.59 bits per heavy atom. The Morgan fingerprint density at radius 2 is 1.92 bits per heavy atom. The van der Waals surface area contributed by atoms with Gasteiger partial charge >= 0.3 is 0 Å². The van der Waals surface area contributed by atoms with E-state index in [1.165, 1.54) is 6.08 Å². The number of carbonyl (C=O) groups is 2. The van der Waals surface area contributed by atoms with Crippen molar-refractivity contribution in [1.82, 2.24) is 15.2 Å². The molecule has 2 aromatic carbocycles. The van der Waals surface area contributed by atoms with Crippen LogP contribution in [-0.2, 0) is 17.8 Å². The number of nitrogens with one attached hydrogen (secondary N) is 1. The largest absolute Gasteiger partial charge is 0.484 e. The van der Waals surface area contributed by atoms with E-state index in [4.69, 9.17) is 22.1 Å². The lowest BCUT2D eigenvalue weighted by Crippen LogP contribution is -2.55. The smallest absolute Gasteiger partial charge is 0.253 e. The molecule has 190 valence electrons. The summed E-state index contributed by atoms with van der Waals surface area (Å²) >= 11 is 6.55. The van der Waals surface area contributed by atoms with E-state index in [0.29, 0.717) is 35.1 Å². The Balaban J connectivity index is 1.20. The molecule has 8 heteroatoms. The normalized spacial score (nSPS) is 17.7. The second kappa shape index (κ2) is 9.90. The number of nitrogens with zero attached hydrogens (tertiary/aromatic N) is 2. The summed E-state index contributed by atoms with van der Waals surface area (Å²) < 4.78 is 5.99. The molecule has 0 aliphatic carbocycles. The lowest BCUT2D eigenvalue weighted by atomic mass is 9.84. The highest BCUT2D eigenvalue weighted by Gasteiger charge is 2.37. The number of carbonyl (C=O) groups excluding carboxylic acids is 2. The SMILES string of the molecule is CC1(C)CN(C(=O)c2ccc(-c3cc(Cl)c4c(c3)CC(/C=C/C(=O)NCc3ccc(N)nc3)O4)cc2)C1. The summed E-state index contributed by atoms with van der Waals surface area (Å²) in [5, 5.41) is 3.34. The van der Waals surface area contributed by atoms with Crippen molar-refractivity contribution in [3.8, 4) is 16.9 Å². The monoisotopic (exact) mass is 516 g/mol. The van der Waals surface area contributed by atoms with Crippen molar-refractivity contribution in [3.05, 3.63) is 88.6 Å². The first-order chi connectivity index (χ1) is 17.7. The summed E-state index contributed by atoms with van der Waals surface area (Å²) in [6.45, 7) is 6.25. The Kier molecular flexibility index (Phi) is 6.65. The maximum atomic E-state index is 12.7. The summed E-state index contributed by atoms with van der Waals surface area (Å²) in [7, 11) is 0. The third kappa shape index (κ3) is 5.62. The average molecular weight is 517 g/mol. The Bertz CT molecular complexity index is 1360. The third-order valence-corrected chi connectivity index (χ3v) is 6.86. The van der Waals surface area contributed by atoms with Crippen molar-refractivity contribution in [3.63, 3.8) is 0 Å². The van der Waals surface area contributed by atoms with Gasteiger partial charge in [-0.05, 0) is 58.5 Å². The van der Waals surface area contributed by atoms with Crippen LogP contribution in [0.15, 0.2) is 66.9 Å². The molecule has 37 heavy (non-hydrogen) atoms. The molecule has 3 aromatic rings. The number of fused-ring (bicyclic) bond motifs is 1. The van der Waals surface area contributed by atoms with E-state index < -0.39 is 0 Å². The quantitative estimate of drug-likeness (QED) is 0.465. The highest BCUT2D eigenvalue weighted by Crippen LogP contribution is 2.40. The lowest BCUT2D eigenvalue weighted by Gasteiger charge is -2.45. The predicted octanol–water partition coefficient (Wildman–Crippen LogP) is 4.64. The molecule has 7 nitrogen and oxygen atoms in total. The lowest BCUT2D eigenvalue weighted by molar-refractivity contribution is -0.116. The molecule has 1 atom stereocenters. The number of pyridine rings is 1. The number of nitrogen functional groups attached to an aromatic ring is 1. The number of amides is 2. The number of hydrogen-bond acceptors (Lipinski definition) is 5. The first-order valence-electron chi connectivity index (χ1n) is 12.2. The molecule has 2 aliphatic rings. The van der Waals surface area contributed by atoms with Gasteiger partial charge < -0.3 is 20.7 Å². The number of anilines is 1. The number of hydrogen-bond donors (Lipinski definition) is 2. The summed E-state index contributed by atoms with van der Waals surface area (Å²) in [6, 6.07) is 15.1. The van der Waals surface area contributed by atoms with Crippen LogP contribution in [-0.4, -0.2) is 40.9 Å². The van der Waals surface area contributed by atoms with Crippen LogP contribution in [0, 0.1) is 5.41 Å². The fraction of sp³-hybridized carbons (Fsp3) is 0.276. The maximum Gasteiger partial charge on any atom is 0.253 e. The summed E-state index contributed by atoms with van der Waals surface area (Å²) in [5.41, 5.74) is 10.2. The van der Waals surface area contributed by atoms with Gasteiger partial charge in [0.1, 0.15) is 17.7 Å². The van der Waals surface area contributed by atoms with Gasteiger partial charge in [-0.3, -0.25) is 9.59 Å². The number of likely N-dealkylation sites (tertiary alicyclic amines) is 1. The molecule has 1 saturated heterocycles. The van der Waals surface area contributed by atoms with E-state index >= 15 is 0 Å². The van der Waals surface area contributed by atoms with Crippen molar-refractivity contribution in [2.45, 2.75) is 32.9 Å². The first kappa shape index (κ1) is 24.8. The zero-order valence-electron chi connectivity index (χ0n) is 20.8. The standard InChI is InChI=1S/C29H29ClN4O3/c1-29(2)16-34(17-29)28(36)20-6-4-19(5-7-20)21-11-22-12-23(37-27(22)24(30)13-21)8-10-26(35)33-15-18-3-9-25(31)32-14-18/h3-11,13-14,23H,12,15-17H2,1-2H3,(H2,31,32)(H,33,35)/b10-8+. The molecular weight excluding hydrogens is 488 g/mol. The summed E-state index contributed by atoms with van der Waals surface area (Å²) in [6.07, 6.45) is 5.17. The van der Waals surface area contributed by atoms with Gasteiger partial charge in [-0.1, -0.05) is 43.6 Å². The number of nitrogens with two attached hydrogens (primary N) is 1. The second-order valence-electron chi connectivity index (χ2n) is 10.4. The van der Waals surface area contributed by atoms with Crippen LogP contribution in [0.4, 0.5) is 5.82 Å². The van der Waals surface area contributed by atoms with Crippen LogP contribution < -0.4 is 15.8 Å². The molecule has 2 amide bonds. The van der Waals surface area contributed by atoms with E-state index in [1.807, 2.05) is 41.3 Å². The molecule has 3 N–H and O–H groups in total. The minimum absolute atomic E-state index is 0.0649. The molecule has 1 unspecified atom stereocenters. The molecule has 1 aromatic heterocycles. The van der Waals surface area contributed by atoms with Crippen LogP contribution in [0.5, 0.6) is 5.75 Å². The van der Waals surface area contributed by atoms with Crippen LogP contribution in [0.2, 0.25) is 5.02 Å². The van der Waals surface area contributed by atoms with E-state index in [0.717, 1.165) is 35.3 Å². The highest BCUT2D eigenvalue weighted by atomic mass is 35.5. The van der Waals surface area contributed by atoms with Gasteiger partial charge in [0.15, 0.2) is 0 Å².